The molecule has 1 amide bonds. The highest BCUT2D eigenvalue weighted by molar-refractivity contribution is 5.77. The third-order valence-corrected chi connectivity index (χ3v) is 11.5. The van der Waals surface area contributed by atoms with Crippen LogP contribution in [0.2, 0.25) is 0 Å². The van der Waals surface area contributed by atoms with Gasteiger partial charge < -0.3 is 20.3 Å². The Balaban J connectivity index is 4.64. The molecule has 0 bridgehead atoms. The summed E-state index contributed by atoms with van der Waals surface area (Å²) in [6.07, 6.45) is 53.6. The van der Waals surface area contributed by atoms with Gasteiger partial charge in [0.2, 0.25) is 5.91 Å². The number of aliphatic hydroxyl groups is 2. The molecule has 3 N–H and O–H groups in total. The van der Waals surface area contributed by atoms with Gasteiger partial charge in [-0.3, -0.25) is 9.59 Å². The van der Waals surface area contributed by atoms with Crippen LogP contribution in [-0.2, 0) is 14.3 Å². The number of esters is 1. The van der Waals surface area contributed by atoms with Crippen molar-refractivity contribution in [2.24, 2.45) is 0 Å². The predicted molar refractivity (Wildman–Crippen MR) is 250 cm³/mol. The summed E-state index contributed by atoms with van der Waals surface area (Å²) in [4.78, 5) is 26.1. The van der Waals surface area contributed by atoms with Crippen molar-refractivity contribution in [2.45, 2.75) is 277 Å². The van der Waals surface area contributed by atoms with Crippen molar-refractivity contribution in [1.82, 2.24) is 5.32 Å². The monoisotopic (exact) mass is 816 g/mol. The van der Waals surface area contributed by atoms with Gasteiger partial charge in [-0.1, -0.05) is 211 Å². The number of hydrogen-bond donors (Lipinski definition) is 3. The molecule has 0 fully saturated rings. The van der Waals surface area contributed by atoms with Crippen LogP contribution < -0.4 is 5.32 Å². The second-order valence-electron chi connectivity index (χ2n) is 17.2. The van der Waals surface area contributed by atoms with Gasteiger partial charge in [-0.2, -0.15) is 0 Å². The Hall–Kier alpha value is -1.92. The summed E-state index contributed by atoms with van der Waals surface area (Å²) in [5.74, 6) is -0.526. The van der Waals surface area contributed by atoms with Gasteiger partial charge in [0.1, 0.15) is 6.10 Å². The Morgan fingerprint density at radius 2 is 0.897 bits per heavy atom. The fraction of sp³-hybridized carbons (Fsp3) is 0.846. The quantitative estimate of drug-likeness (QED) is 0.0246. The third kappa shape index (κ3) is 40.8. The molecule has 6 nitrogen and oxygen atoms in total. The van der Waals surface area contributed by atoms with Gasteiger partial charge in [0, 0.05) is 6.42 Å². The standard InChI is InChI=1S/C52H97NO5/c1-4-7-10-13-16-19-21-23-25-26-28-30-33-36-39-42-45-52(57)58-48(43-40-37-34-32-29-27-24-22-20-17-14-11-8-5-2)46-51(56)53-49(47-54)50(55)44-41-38-35-31-18-15-12-9-6-3/h25-27,29,32,34,48-50,54-55H,4-24,28,30-31,33,35-47H2,1-3H3,(H,53,56)/b26-25+,29-27+,34-32+. The Kier molecular flexibility index (Phi) is 44.6. The topological polar surface area (TPSA) is 95.9 Å². The van der Waals surface area contributed by atoms with E-state index < -0.39 is 18.2 Å². The molecule has 0 heterocycles. The molecule has 6 heteroatoms. The van der Waals surface area contributed by atoms with E-state index in [1.165, 1.54) is 148 Å². The van der Waals surface area contributed by atoms with Crippen LogP contribution in [0.25, 0.3) is 0 Å². The number of aliphatic hydroxyl groups excluding tert-OH is 2. The molecule has 0 aliphatic heterocycles. The number of unbranched alkanes of at least 4 members (excludes halogenated alkanes) is 28. The normalized spacial score (nSPS) is 13.5. The van der Waals surface area contributed by atoms with E-state index in [9.17, 15) is 19.8 Å². The van der Waals surface area contributed by atoms with Crippen molar-refractivity contribution in [2.75, 3.05) is 6.61 Å². The lowest BCUT2D eigenvalue weighted by molar-refractivity contribution is -0.151. The molecule has 0 spiro atoms. The second-order valence-corrected chi connectivity index (χ2v) is 17.2. The molecule has 0 radical (unpaired) electrons. The Bertz CT molecular complexity index is 961. The van der Waals surface area contributed by atoms with Gasteiger partial charge in [-0.15, -0.1) is 0 Å². The summed E-state index contributed by atoms with van der Waals surface area (Å²) < 4.78 is 5.90. The Morgan fingerprint density at radius 3 is 1.36 bits per heavy atom. The number of hydrogen-bond acceptors (Lipinski definition) is 5. The smallest absolute Gasteiger partial charge is 0.306 e. The number of nitrogens with one attached hydrogen (secondary N) is 1. The highest BCUT2D eigenvalue weighted by Gasteiger charge is 2.24. The van der Waals surface area contributed by atoms with Gasteiger partial charge in [0.15, 0.2) is 0 Å². The highest BCUT2D eigenvalue weighted by atomic mass is 16.5. The average Bonchev–Trinajstić information content (AvgIpc) is 3.22. The van der Waals surface area contributed by atoms with Crippen LogP contribution in [0.5, 0.6) is 0 Å². The number of ether oxygens (including phenoxy) is 1. The summed E-state index contributed by atoms with van der Waals surface area (Å²) in [6, 6.07) is -0.714. The summed E-state index contributed by atoms with van der Waals surface area (Å²) in [5.41, 5.74) is 0. The predicted octanol–water partition coefficient (Wildman–Crippen LogP) is 14.9. The van der Waals surface area contributed by atoms with E-state index in [1.54, 1.807) is 0 Å². The first kappa shape index (κ1) is 56.1. The van der Waals surface area contributed by atoms with Crippen molar-refractivity contribution in [1.29, 1.82) is 0 Å². The van der Waals surface area contributed by atoms with Crippen molar-refractivity contribution < 1.29 is 24.5 Å². The van der Waals surface area contributed by atoms with Crippen LogP contribution >= 0.6 is 0 Å². The van der Waals surface area contributed by atoms with Crippen LogP contribution in [0.15, 0.2) is 36.5 Å². The van der Waals surface area contributed by atoms with E-state index in [0.717, 1.165) is 64.2 Å². The van der Waals surface area contributed by atoms with E-state index in [2.05, 4.69) is 62.5 Å². The minimum atomic E-state index is -0.797. The van der Waals surface area contributed by atoms with E-state index in [-0.39, 0.29) is 24.9 Å². The molecule has 0 rings (SSSR count). The minimum Gasteiger partial charge on any atom is -0.462 e. The number of amides is 1. The van der Waals surface area contributed by atoms with Crippen molar-refractivity contribution in [3.05, 3.63) is 36.5 Å². The number of allylic oxidation sites excluding steroid dienone is 6. The first-order valence-electron chi connectivity index (χ1n) is 25.2. The molecule has 3 unspecified atom stereocenters. The first-order chi connectivity index (χ1) is 28.5. The summed E-state index contributed by atoms with van der Waals surface area (Å²) in [6.45, 7) is 6.44. The van der Waals surface area contributed by atoms with Gasteiger partial charge in [-0.25, -0.2) is 0 Å². The van der Waals surface area contributed by atoms with E-state index in [1.807, 2.05) is 0 Å². The molecule has 0 saturated carbocycles. The largest absolute Gasteiger partial charge is 0.462 e. The highest BCUT2D eigenvalue weighted by Crippen LogP contribution is 2.17. The van der Waals surface area contributed by atoms with Crippen LogP contribution in [0, 0.1) is 0 Å². The fourth-order valence-electron chi connectivity index (χ4n) is 7.60. The van der Waals surface area contributed by atoms with Crippen LogP contribution in [0.1, 0.15) is 258 Å². The second kappa shape index (κ2) is 46.2. The number of rotatable bonds is 45. The molecule has 58 heavy (non-hydrogen) atoms. The van der Waals surface area contributed by atoms with Gasteiger partial charge >= 0.3 is 5.97 Å². The molecule has 0 aromatic rings. The Morgan fingerprint density at radius 1 is 0.500 bits per heavy atom. The Labute approximate surface area is 360 Å². The van der Waals surface area contributed by atoms with Gasteiger partial charge in [0.05, 0.1) is 25.2 Å². The summed E-state index contributed by atoms with van der Waals surface area (Å²) in [5, 5.41) is 23.6. The first-order valence-corrected chi connectivity index (χ1v) is 25.2. The SMILES string of the molecule is CCCCCCCCC/C=C/C=C/CCCC(CC(=O)NC(CO)C(O)CCCCCCCCCCC)OC(=O)CCCCCCC/C=C/CCCCCCCCC. The van der Waals surface area contributed by atoms with Crippen molar-refractivity contribution in [3.8, 4) is 0 Å². The third-order valence-electron chi connectivity index (χ3n) is 11.5. The molecular formula is C52H97NO5. The van der Waals surface area contributed by atoms with Crippen LogP contribution in [0.3, 0.4) is 0 Å². The molecule has 0 aromatic heterocycles. The van der Waals surface area contributed by atoms with Crippen LogP contribution in [-0.4, -0.2) is 46.9 Å². The summed E-state index contributed by atoms with van der Waals surface area (Å²) >= 11 is 0. The lowest BCUT2D eigenvalue weighted by Gasteiger charge is -2.24. The minimum absolute atomic E-state index is 0.0432. The van der Waals surface area contributed by atoms with E-state index >= 15 is 0 Å². The number of carbonyl (C=O) groups excluding carboxylic acids is 2. The molecule has 3 atom stereocenters. The molecule has 0 aliphatic carbocycles. The molecule has 340 valence electrons. The van der Waals surface area contributed by atoms with E-state index in [4.69, 9.17) is 4.74 Å². The van der Waals surface area contributed by atoms with Gasteiger partial charge in [0.25, 0.3) is 0 Å². The number of carbonyl (C=O) groups is 2. The maximum atomic E-state index is 13.1. The maximum absolute atomic E-state index is 13.1. The summed E-state index contributed by atoms with van der Waals surface area (Å²) in [7, 11) is 0. The van der Waals surface area contributed by atoms with Crippen LogP contribution in [0.4, 0.5) is 0 Å². The fourth-order valence-corrected chi connectivity index (χ4v) is 7.60. The maximum Gasteiger partial charge on any atom is 0.306 e. The lowest BCUT2D eigenvalue weighted by Crippen LogP contribution is -2.46. The van der Waals surface area contributed by atoms with Gasteiger partial charge in [-0.05, 0) is 70.6 Å². The average molecular weight is 816 g/mol. The zero-order valence-electron chi connectivity index (χ0n) is 38.7. The van der Waals surface area contributed by atoms with Crippen molar-refractivity contribution in [3.63, 3.8) is 0 Å². The zero-order chi connectivity index (χ0) is 42.4. The lowest BCUT2D eigenvalue weighted by atomic mass is 10.0. The molecule has 0 aromatic carbocycles. The van der Waals surface area contributed by atoms with E-state index in [0.29, 0.717) is 19.3 Å². The molecule has 0 aliphatic rings. The molecular weight excluding hydrogens is 719 g/mol. The van der Waals surface area contributed by atoms with Crippen molar-refractivity contribution >= 4 is 11.9 Å². The zero-order valence-corrected chi connectivity index (χ0v) is 38.7. The molecule has 0 saturated heterocycles.